The number of rotatable bonds is 6. The van der Waals surface area contributed by atoms with Crippen molar-refractivity contribution in [2.45, 2.75) is 16.7 Å². The summed E-state index contributed by atoms with van der Waals surface area (Å²) in [5.41, 5.74) is -0.648. The molecule has 0 radical (unpaired) electrons. The van der Waals surface area contributed by atoms with Crippen molar-refractivity contribution in [2.75, 3.05) is 11.1 Å². The van der Waals surface area contributed by atoms with Crippen molar-refractivity contribution in [1.82, 2.24) is 4.98 Å². The zero-order valence-corrected chi connectivity index (χ0v) is 23.2. The number of anilines is 2. The Hall–Kier alpha value is -4.51. The number of aromatic nitrogens is 1. The van der Waals surface area contributed by atoms with E-state index in [0.717, 1.165) is 16.7 Å². The molecule has 0 saturated carbocycles. The van der Waals surface area contributed by atoms with Crippen molar-refractivity contribution in [2.24, 2.45) is 0 Å². The lowest BCUT2D eigenvalue weighted by Gasteiger charge is -2.15. The van der Waals surface area contributed by atoms with Crippen LogP contribution in [0.1, 0.15) is 12.5 Å². The quantitative estimate of drug-likeness (QED) is 0.187. The minimum atomic E-state index is -4.90. The highest BCUT2D eigenvalue weighted by Crippen LogP contribution is 2.32. The Morgan fingerprint density at radius 2 is 1.61 bits per heavy atom. The minimum absolute atomic E-state index is 0.0440. The van der Waals surface area contributed by atoms with Crippen molar-refractivity contribution in [3.05, 3.63) is 127 Å². The third-order valence-corrected chi connectivity index (χ3v) is 8.59. The van der Waals surface area contributed by atoms with Gasteiger partial charge in [-0.3, -0.25) is 14.1 Å². The Morgan fingerprint density at radius 3 is 2.32 bits per heavy atom. The van der Waals surface area contributed by atoms with Crippen LogP contribution < -0.4 is 21.5 Å². The number of fused-ring (bicyclic) bond motifs is 2. The normalized spacial score (nSPS) is 12.7. The molecular formula is C31H22N2O6S2. The van der Waals surface area contributed by atoms with Crippen LogP contribution in [0.5, 0.6) is 0 Å². The molecule has 1 heterocycles. The topological polar surface area (TPSA) is 134 Å². The fourth-order valence-corrected chi connectivity index (χ4v) is 6.55. The summed E-state index contributed by atoms with van der Waals surface area (Å²) in [6.07, 6.45) is 0. The predicted molar refractivity (Wildman–Crippen MR) is 161 cm³/mol. The van der Waals surface area contributed by atoms with Gasteiger partial charge in [-0.05, 0) is 35.4 Å². The number of benzene rings is 4. The van der Waals surface area contributed by atoms with E-state index in [4.69, 9.17) is 0 Å². The fourth-order valence-electron chi connectivity index (χ4n) is 5.17. The highest BCUT2D eigenvalue weighted by atomic mass is 32.2. The number of aliphatic hydroxyl groups excluding tert-OH is 1. The molecule has 0 spiro atoms. The molecule has 0 bridgehead atoms. The van der Waals surface area contributed by atoms with Crippen LogP contribution in [0.4, 0.5) is 11.4 Å². The SMILES string of the molecule is CCSc1cccc(Nc2cc(S(=O)(=O)O)c3nc(=O)c(=C(O)c4ccccc4)c4c5ccccc5c(=O)c2c3=4)c1. The summed E-state index contributed by atoms with van der Waals surface area (Å²) in [5, 5.41) is 15.2. The molecule has 6 rings (SSSR count). The van der Waals surface area contributed by atoms with Gasteiger partial charge in [0.25, 0.3) is 15.7 Å². The molecule has 204 valence electrons. The average Bonchev–Trinajstić information content (AvgIpc) is 2.95. The lowest BCUT2D eigenvalue weighted by molar-refractivity contribution is 0.484. The molecule has 41 heavy (non-hydrogen) atoms. The van der Waals surface area contributed by atoms with Crippen LogP contribution in [0.25, 0.3) is 27.4 Å². The Labute approximate surface area is 237 Å². The maximum absolute atomic E-state index is 14.0. The second kappa shape index (κ2) is 10.2. The van der Waals surface area contributed by atoms with Crippen LogP contribution in [0.3, 0.4) is 0 Å². The summed E-state index contributed by atoms with van der Waals surface area (Å²) in [7, 11) is -4.90. The van der Waals surface area contributed by atoms with Crippen LogP contribution in [-0.4, -0.2) is 28.8 Å². The highest BCUT2D eigenvalue weighted by Gasteiger charge is 2.25. The zero-order valence-electron chi connectivity index (χ0n) is 21.6. The van der Waals surface area contributed by atoms with Crippen LogP contribution in [0, 0.1) is 10.4 Å². The van der Waals surface area contributed by atoms with Gasteiger partial charge in [-0.2, -0.15) is 8.42 Å². The van der Waals surface area contributed by atoms with Gasteiger partial charge < -0.3 is 10.4 Å². The van der Waals surface area contributed by atoms with Gasteiger partial charge in [0.1, 0.15) is 10.7 Å². The largest absolute Gasteiger partial charge is 0.506 e. The number of thioether (sulfide) groups is 1. The number of nitrogens with one attached hydrogen (secondary N) is 1. The summed E-state index contributed by atoms with van der Waals surface area (Å²) in [4.78, 5) is 31.9. The summed E-state index contributed by atoms with van der Waals surface area (Å²) < 4.78 is 35.5. The van der Waals surface area contributed by atoms with Crippen molar-refractivity contribution in [3.63, 3.8) is 0 Å². The van der Waals surface area contributed by atoms with Crippen LogP contribution >= 0.6 is 11.8 Å². The van der Waals surface area contributed by atoms with Gasteiger partial charge in [0, 0.05) is 32.0 Å². The van der Waals surface area contributed by atoms with Crippen LogP contribution in [0.2, 0.25) is 0 Å². The van der Waals surface area contributed by atoms with Crippen molar-refractivity contribution in [1.29, 1.82) is 0 Å². The van der Waals surface area contributed by atoms with Gasteiger partial charge in [0.15, 0.2) is 5.43 Å². The highest BCUT2D eigenvalue weighted by molar-refractivity contribution is 7.99. The molecule has 0 atom stereocenters. The van der Waals surface area contributed by atoms with Crippen LogP contribution in [-0.2, 0) is 10.1 Å². The van der Waals surface area contributed by atoms with Gasteiger partial charge in [-0.15, -0.1) is 11.8 Å². The Morgan fingerprint density at radius 1 is 0.902 bits per heavy atom. The van der Waals surface area contributed by atoms with Crippen LogP contribution in [0.15, 0.2) is 104 Å². The lowest BCUT2D eigenvalue weighted by Crippen LogP contribution is -2.33. The fraction of sp³-hybridized carbons (Fsp3) is 0.0645. The van der Waals surface area contributed by atoms with Gasteiger partial charge in [-0.1, -0.05) is 67.6 Å². The first-order chi connectivity index (χ1) is 19.7. The molecule has 2 aliphatic rings. The smallest absolute Gasteiger partial charge is 0.296 e. The van der Waals surface area contributed by atoms with Crippen molar-refractivity contribution >= 4 is 60.7 Å². The predicted octanol–water partition coefficient (Wildman–Crippen LogP) is 4.81. The second-order valence-corrected chi connectivity index (χ2v) is 12.1. The molecule has 0 unspecified atom stereocenters. The molecule has 4 aromatic rings. The monoisotopic (exact) mass is 582 g/mol. The summed E-state index contributed by atoms with van der Waals surface area (Å²) in [5.74, 6) is 0.468. The minimum Gasteiger partial charge on any atom is -0.506 e. The van der Waals surface area contributed by atoms with E-state index in [0.29, 0.717) is 16.6 Å². The number of hydrogen-bond donors (Lipinski definition) is 3. The van der Waals surface area contributed by atoms with E-state index >= 15 is 0 Å². The van der Waals surface area contributed by atoms with E-state index in [1.54, 1.807) is 72.4 Å². The Balaban J connectivity index is 1.90. The number of aliphatic hydroxyl groups is 1. The maximum Gasteiger partial charge on any atom is 0.296 e. The molecule has 10 heteroatoms. The van der Waals surface area contributed by atoms with Gasteiger partial charge >= 0.3 is 0 Å². The molecule has 4 aromatic carbocycles. The van der Waals surface area contributed by atoms with E-state index in [2.05, 4.69) is 10.3 Å². The maximum atomic E-state index is 14.0. The molecule has 0 amide bonds. The van der Waals surface area contributed by atoms with Gasteiger partial charge in [0.05, 0.1) is 21.8 Å². The first-order valence-electron chi connectivity index (χ1n) is 12.6. The van der Waals surface area contributed by atoms with Crippen molar-refractivity contribution in [3.8, 4) is 0 Å². The third-order valence-electron chi connectivity index (χ3n) is 6.85. The Bertz CT molecular complexity index is 2330. The molecule has 1 aliphatic carbocycles. The van der Waals surface area contributed by atoms with E-state index in [-0.39, 0.29) is 43.4 Å². The van der Waals surface area contributed by atoms with E-state index in [1.165, 1.54) is 0 Å². The molecule has 8 nitrogen and oxygen atoms in total. The molecule has 3 N–H and O–H groups in total. The zero-order chi connectivity index (χ0) is 28.9. The Kier molecular flexibility index (Phi) is 6.61. The second-order valence-electron chi connectivity index (χ2n) is 9.34. The van der Waals surface area contributed by atoms with Gasteiger partial charge in [0.2, 0.25) is 0 Å². The molecular weight excluding hydrogens is 560 g/mol. The lowest BCUT2D eigenvalue weighted by atomic mass is 9.96. The first-order valence-corrected chi connectivity index (χ1v) is 15.1. The summed E-state index contributed by atoms with van der Waals surface area (Å²) >= 11 is 1.61. The van der Waals surface area contributed by atoms with E-state index in [1.807, 2.05) is 25.1 Å². The standard InChI is InChI=1S/C31H22N2O6S2/c1-2-40-19-12-8-11-18(15-19)32-22-16-23(41(37,38)39)28-26-24(20-13-6-7-14-21(20)30(35)25(22)26)27(31(36)33-28)29(34)17-9-4-3-5-10-17/h3-16,32,34H,2H2,1H3,(H,37,38,39). The van der Waals surface area contributed by atoms with E-state index in [9.17, 15) is 27.7 Å². The molecule has 0 saturated heterocycles. The first kappa shape index (κ1) is 26.7. The average molecular weight is 583 g/mol. The van der Waals surface area contributed by atoms with E-state index < -0.39 is 26.0 Å². The number of hydrogen-bond acceptors (Lipinski definition) is 8. The van der Waals surface area contributed by atoms with Gasteiger partial charge in [-0.25, -0.2) is 4.98 Å². The molecule has 0 aromatic heterocycles. The summed E-state index contributed by atoms with van der Waals surface area (Å²) in [6, 6.07) is 23.5. The molecule has 0 fully saturated rings. The third kappa shape index (κ3) is 4.55. The van der Waals surface area contributed by atoms with Crippen molar-refractivity contribution < 1.29 is 18.1 Å². The summed E-state index contributed by atoms with van der Waals surface area (Å²) in [6.45, 7) is 2.02. The number of nitrogens with zero attached hydrogens (tertiary/aromatic N) is 1. The molecule has 1 aliphatic heterocycles.